The van der Waals surface area contributed by atoms with Gasteiger partial charge in [-0.1, -0.05) is 0 Å². The lowest BCUT2D eigenvalue weighted by molar-refractivity contribution is -0.118. The number of hydrogen-bond donors (Lipinski definition) is 1. The molecule has 0 bridgehead atoms. The van der Waals surface area contributed by atoms with E-state index >= 15 is 0 Å². The Morgan fingerprint density at radius 2 is 1.94 bits per heavy atom. The smallest absolute Gasteiger partial charge is 0.292 e. The van der Waals surface area contributed by atoms with Crippen LogP contribution in [0.1, 0.15) is 41.6 Å². The molecule has 1 N–H and O–H groups in total. The molecular weight excluding hydrogens is 220 g/mol. The van der Waals surface area contributed by atoms with Crippen molar-refractivity contribution < 1.29 is 14.4 Å². The van der Waals surface area contributed by atoms with Crippen molar-refractivity contribution in [3.8, 4) is 0 Å². The summed E-state index contributed by atoms with van der Waals surface area (Å²) in [5.74, 6) is -1.30. The Kier molecular flexibility index (Phi) is 3.50. The highest BCUT2D eigenvalue weighted by Gasteiger charge is 2.22. The molecule has 5 heteroatoms. The molecule has 0 spiro atoms. The first-order valence-electron chi connectivity index (χ1n) is 5.23. The zero-order valence-electron chi connectivity index (χ0n) is 10.4. The van der Waals surface area contributed by atoms with Crippen molar-refractivity contribution in [1.29, 1.82) is 0 Å². The minimum absolute atomic E-state index is 0.219. The van der Waals surface area contributed by atoms with Crippen molar-refractivity contribution in [3.05, 3.63) is 23.5 Å². The van der Waals surface area contributed by atoms with Gasteiger partial charge in [0.15, 0.2) is 6.29 Å². The number of aromatic nitrogens is 1. The third-order valence-corrected chi connectivity index (χ3v) is 2.12. The molecule has 1 aromatic heterocycles. The maximum absolute atomic E-state index is 11.8. The first kappa shape index (κ1) is 13.2. The van der Waals surface area contributed by atoms with Gasteiger partial charge in [0.25, 0.3) is 11.7 Å². The molecule has 1 heterocycles. The molecule has 0 saturated heterocycles. The number of ketones is 1. The summed E-state index contributed by atoms with van der Waals surface area (Å²) in [6.45, 7) is 5.38. The van der Waals surface area contributed by atoms with Gasteiger partial charge in [0.2, 0.25) is 0 Å². The van der Waals surface area contributed by atoms with E-state index in [9.17, 15) is 14.4 Å². The Labute approximate surface area is 99.8 Å². The van der Waals surface area contributed by atoms with Gasteiger partial charge in [-0.15, -0.1) is 0 Å². The Morgan fingerprint density at radius 1 is 1.35 bits per heavy atom. The molecule has 92 valence electrons. The van der Waals surface area contributed by atoms with Crippen LogP contribution in [0.5, 0.6) is 0 Å². The van der Waals surface area contributed by atoms with Gasteiger partial charge < -0.3 is 9.88 Å². The highest BCUT2D eigenvalue weighted by atomic mass is 16.2. The van der Waals surface area contributed by atoms with E-state index in [4.69, 9.17) is 0 Å². The van der Waals surface area contributed by atoms with Crippen LogP contribution in [-0.4, -0.2) is 28.1 Å². The Morgan fingerprint density at radius 3 is 2.35 bits per heavy atom. The monoisotopic (exact) mass is 236 g/mol. The van der Waals surface area contributed by atoms with Crippen LogP contribution in [-0.2, 0) is 11.8 Å². The lowest BCUT2D eigenvalue weighted by atomic mass is 10.1. The summed E-state index contributed by atoms with van der Waals surface area (Å²) in [6, 6.07) is 1.40. The molecule has 0 aliphatic heterocycles. The minimum Gasteiger partial charge on any atom is -0.348 e. The normalized spacial score (nSPS) is 11.1. The lowest BCUT2D eigenvalue weighted by Gasteiger charge is -2.19. The fourth-order valence-corrected chi connectivity index (χ4v) is 1.35. The Balaban J connectivity index is 2.89. The predicted octanol–water partition coefficient (Wildman–Crippen LogP) is 0.935. The number of nitrogens with one attached hydrogen (secondary N) is 1. The molecule has 0 atom stereocenters. The lowest BCUT2D eigenvalue weighted by Crippen LogP contribution is -2.44. The zero-order chi connectivity index (χ0) is 13.2. The van der Waals surface area contributed by atoms with E-state index in [1.54, 1.807) is 27.8 Å². The van der Waals surface area contributed by atoms with Gasteiger partial charge in [-0.05, 0) is 26.8 Å². The van der Waals surface area contributed by atoms with Crippen LogP contribution in [0.4, 0.5) is 0 Å². The minimum atomic E-state index is -0.666. The second kappa shape index (κ2) is 4.53. The molecule has 0 unspecified atom stereocenters. The van der Waals surface area contributed by atoms with E-state index in [0.717, 1.165) is 0 Å². The highest BCUT2D eigenvalue weighted by Crippen LogP contribution is 2.07. The molecule has 0 fully saturated rings. The van der Waals surface area contributed by atoms with Gasteiger partial charge in [-0.25, -0.2) is 0 Å². The summed E-state index contributed by atoms with van der Waals surface area (Å²) in [4.78, 5) is 34.0. The summed E-state index contributed by atoms with van der Waals surface area (Å²) in [6.07, 6.45) is 2.10. The number of hydrogen-bond acceptors (Lipinski definition) is 3. The molecule has 5 nitrogen and oxygen atoms in total. The largest absolute Gasteiger partial charge is 0.348 e. The Bertz CT molecular complexity index is 467. The number of nitrogens with zero attached hydrogens (tertiary/aromatic N) is 1. The summed E-state index contributed by atoms with van der Waals surface area (Å²) in [5.41, 5.74) is 0.114. The predicted molar refractivity (Wildman–Crippen MR) is 63.0 cm³/mol. The third-order valence-electron chi connectivity index (χ3n) is 2.12. The number of amides is 1. The SMILES string of the molecule is Cn1cc(C(=O)C(=O)NC(C)(C)C)cc1C=O. The van der Waals surface area contributed by atoms with Crippen LogP contribution >= 0.6 is 0 Å². The molecule has 1 rings (SSSR count). The van der Waals surface area contributed by atoms with Crippen molar-refractivity contribution >= 4 is 18.0 Å². The van der Waals surface area contributed by atoms with Crippen molar-refractivity contribution in [3.63, 3.8) is 0 Å². The van der Waals surface area contributed by atoms with Crippen LogP contribution in [0, 0.1) is 0 Å². The number of carbonyl (C=O) groups excluding carboxylic acids is 3. The number of Topliss-reactive ketones (excluding diaryl/α,β-unsaturated/α-hetero) is 1. The van der Waals surface area contributed by atoms with Crippen LogP contribution in [0.15, 0.2) is 12.3 Å². The molecule has 0 radical (unpaired) electrons. The van der Waals surface area contributed by atoms with Crippen LogP contribution in [0.2, 0.25) is 0 Å². The van der Waals surface area contributed by atoms with E-state index in [2.05, 4.69) is 5.32 Å². The van der Waals surface area contributed by atoms with E-state index in [1.165, 1.54) is 16.8 Å². The van der Waals surface area contributed by atoms with Gasteiger partial charge in [0.1, 0.15) is 0 Å². The van der Waals surface area contributed by atoms with Gasteiger partial charge >= 0.3 is 0 Å². The summed E-state index contributed by atoms with van der Waals surface area (Å²) >= 11 is 0. The molecule has 0 saturated carbocycles. The molecule has 1 aromatic rings. The van der Waals surface area contributed by atoms with Crippen LogP contribution < -0.4 is 5.32 Å². The van der Waals surface area contributed by atoms with E-state index < -0.39 is 17.2 Å². The zero-order valence-corrected chi connectivity index (χ0v) is 10.4. The van der Waals surface area contributed by atoms with Gasteiger partial charge in [-0.3, -0.25) is 14.4 Å². The topological polar surface area (TPSA) is 68.2 Å². The van der Waals surface area contributed by atoms with E-state index in [-0.39, 0.29) is 5.56 Å². The quantitative estimate of drug-likeness (QED) is 0.482. The van der Waals surface area contributed by atoms with Crippen LogP contribution in [0.25, 0.3) is 0 Å². The van der Waals surface area contributed by atoms with E-state index in [1.807, 2.05) is 0 Å². The molecule has 1 amide bonds. The Hall–Kier alpha value is -1.91. The molecule has 0 aliphatic rings. The first-order valence-corrected chi connectivity index (χ1v) is 5.23. The standard InChI is InChI=1S/C12H16N2O3/c1-12(2,3)13-11(17)10(16)8-5-9(7-15)14(4)6-8/h5-7H,1-4H3,(H,13,17). The second-order valence-corrected chi connectivity index (χ2v) is 4.92. The average molecular weight is 236 g/mol. The second-order valence-electron chi connectivity index (χ2n) is 4.92. The molecule has 0 aromatic carbocycles. The average Bonchev–Trinajstić information content (AvgIpc) is 2.55. The van der Waals surface area contributed by atoms with Gasteiger partial charge in [0.05, 0.1) is 5.69 Å². The van der Waals surface area contributed by atoms with Crippen molar-refractivity contribution in [2.45, 2.75) is 26.3 Å². The third kappa shape index (κ3) is 3.27. The highest BCUT2D eigenvalue weighted by molar-refractivity contribution is 6.43. The maximum atomic E-state index is 11.8. The first-order chi connectivity index (χ1) is 7.74. The maximum Gasteiger partial charge on any atom is 0.292 e. The fraction of sp³-hybridized carbons (Fsp3) is 0.417. The van der Waals surface area contributed by atoms with Crippen molar-refractivity contribution in [1.82, 2.24) is 9.88 Å². The van der Waals surface area contributed by atoms with Crippen molar-refractivity contribution in [2.75, 3.05) is 0 Å². The number of aryl methyl sites for hydroxylation is 1. The van der Waals surface area contributed by atoms with E-state index in [0.29, 0.717) is 12.0 Å². The molecule has 17 heavy (non-hydrogen) atoms. The number of rotatable bonds is 3. The number of carbonyl (C=O) groups is 3. The van der Waals surface area contributed by atoms with Gasteiger partial charge in [-0.2, -0.15) is 0 Å². The summed E-state index contributed by atoms with van der Waals surface area (Å²) in [7, 11) is 1.64. The van der Waals surface area contributed by atoms with Gasteiger partial charge in [0, 0.05) is 24.3 Å². The number of aldehydes is 1. The molecule has 0 aliphatic carbocycles. The van der Waals surface area contributed by atoms with Crippen LogP contribution in [0.3, 0.4) is 0 Å². The fourth-order valence-electron chi connectivity index (χ4n) is 1.35. The summed E-state index contributed by atoms with van der Waals surface area (Å²) in [5, 5.41) is 2.58. The summed E-state index contributed by atoms with van der Waals surface area (Å²) < 4.78 is 1.50. The van der Waals surface area contributed by atoms with Crippen molar-refractivity contribution in [2.24, 2.45) is 7.05 Å². The molecular formula is C12H16N2O3.